The van der Waals surface area contributed by atoms with Crippen LogP contribution >= 0.6 is 0 Å². The second kappa shape index (κ2) is 11.8. The topological polar surface area (TPSA) is 102 Å². The second-order valence-corrected chi connectivity index (χ2v) is 9.81. The quantitative estimate of drug-likeness (QED) is 0.407. The lowest BCUT2D eigenvalue weighted by molar-refractivity contribution is -0.145. The van der Waals surface area contributed by atoms with Crippen molar-refractivity contribution in [1.29, 1.82) is 0 Å². The molecule has 0 fully saturated rings. The Balaban J connectivity index is 1.74. The maximum Gasteiger partial charge on any atom is 0.308 e. The molecule has 0 saturated carbocycles. The number of esters is 1. The molecule has 9 heteroatoms. The summed E-state index contributed by atoms with van der Waals surface area (Å²) in [5.41, 5.74) is 2.16. The molecule has 2 N–H and O–H groups in total. The number of hydrogen-bond donors (Lipinski definition) is 2. The Hall–Kier alpha value is -4.01. The highest BCUT2D eigenvalue weighted by atomic mass is 19.1. The number of carbonyl (C=O) groups is 3. The van der Waals surface area contributed by atoms with E-state index >= 15 is 0 Å². The lowest BCUT2D eigenvalue weighted by Crippen LogP contribution is -2.54. The Bertz CT molecular complexity index is 1240. The van der Waals surface area contributed by atoms with Gasteiger partial charge in [0.25, 0.3) is 5.91 Å². The number of aromatic nitrogens is 2. The molecule has 37 heavy (non-hydrogen) atoms. The summed E-state index contributed by atoms with van der Waals surface area (Å²) in [6, 6.07) is 13.9. The van der Waals surface area contributed by atoms with Gasteiger partial charge in [0.05, 0.1) is 18.7 Å². The first kappa shape index (κ1) is 27.6. The van der Waals surface area contributed by atoms with E-state index in [0.717, 1.165) is 16.8 Å². The van der Waals surface area contributed by atoms with Gasteiger partial charge in [-0.1, -0.05) is 31.2 Å². The molecular weight excluding hydrogens is 475 g/mol. The van der Waals surface area contributed by atoms with Gasteiger partial charge in [0.1, 0.15) is 11.9 Å². The molecule has 0 saturated heterocycles. The van der Waals surface area contributed by atoms with E-state index in [1.54, 1.807) is 48.0 Å². The average Bonchev–Trinajstić information content (AvgIpc) is 3.30. The van der Waals surface area contributed by atoms with Gasteiger partial charge in [-0.15, -0.1) is 0 Å². The zero-order valence-electron chi connectivity index (χ0n) is 21.7. The van der Waals surface area contributed by atoms with Crippen LogP contribution in [0.4, 0.5) is 4.39 Å². The SMILES string of the molecule is COC(=O)C(C)CC(NC(=O)c1ccc(-c2ccn(C)n2)cc1)C(=O)NC(C)(C)Cc1ccc(F)cc1. The molecule has 1 heterocycles. The van der Waals surface area contributed by atoms with Crippen LogP contribution in [0.2, 0.25) is 0 Å². The Kier molecular flexibility index (Phi) is 8.81. The Morgan fingerprint density at radius 2 is 1.70 bits per heavy atom. The fourth-order valence-electron chi connectivity index (χ4n) is 4.06. The summed E-state index contributed by atoms with van der Waals surface area (Å²) in [7, 11) is 3.11. The number of carbonyl (C=O) groups excluding carboxylic acids is 3. The zero-order chi connectivity index (χ0) is 27.2. The third-order valence-electron chi connectivity index (χ3n) is 5.99. The van der Waals surface area contributed by atoms with Gasteiger partial charge in [-0.2, -0.15) is 5.10 Å². The normalized spacial score (nSPS) is 12.9. The first-order chi connectivity index (χ1) is 17.5. The molecule has 196 valence electrons. The molecule has 0 aliphatic rings. The monoisotopic (exact) mass is 508 g/mol. The van der Waals surface area contributed by atoms with Crippen LogP contribution < -0.4 is 10.6 Å². The lowest BCUT2D eigenvalue weighted by Gasteiger charge is -2.30. The largest absolute Gasteiger partial charge is 0.469 e. The third-order valence-corrected chi connectivity index (χ3v) is 5.99. The first-order valence-corrected chi connectivity index (χ1v) is 12.0. The van der Waals surface area contributed by atoms with Crippen molar-refractivity contribution >= 4 is 17.8 Å². The lowest BCUT2D eigenvalue weighted by atomic mass is 9.93. The van der Waals surface area contributed by atoms with Gasteiger partial charge < -0.3 is 15.4 Å². The molecule has 3 aromatic rings. The number of rotatable bonds is 10. The number of methoxy groups -OCH3 is 1. The standard InChI is InChI=1S/C28H33FN4O4/c1-18(27(36)37-5)16-24(26(35)31-28(2,3)17-19-6-12-22(29)13-7-19)30-25(34)21-10-8-20(9-11-21)23-14-15-33(4)32-23/h6-15,18,24H,16-17H2,1-5H3,(H,30,34)(H,31,35). The van der Waals surface area contributed by atoms with Crippen LogP contribution in [0.3, 0.4) is 0 Å². The van der Waals surface area contributed by atoms with Gasteiger partial charge in [-0.3, -0.25) is 19.1 Å². The average molecular weight is 509 g/mol. The second-order valence-electron chi connectivity index (χ2n) is 9.81. The molecule has 8 nitrogen and oxygen atoms in total. The van der Waals surface area contributed by atoms with Crippen molar-refractivity contribution < 1.29 is 23.5 Å². The Labute approximate surface area is 216 Å². The van der Waals surface area contributed by atoms with Crippen LogP contribution in [-0.2, 0) is 27.8 Å². The number of amides is 2. The predicted molar refractivity (Wildman–Crippen MR) is 138 cm³/mol. The molecule has 0 radical (unpaired) electrons. The fourth-order valence-corrected chi connectivity index (χ4v) is 4.06. The summed E-state index contributed by atoms with van der Waals surface area (Å²) in [6.45, 7) is 5.32. The molecule has 2 amide bonds. The van der Waals surface area contributed by atoms with E-state index in [1.807, 2.05) is 33.2 Å². The summed E-state index contributed by atoms with van der Waals surface area (Å²) >= 11 is 0. The van der Waals surface area contributed by atoms with Crippen molar-refractivity contribution in [1.82, 2.24) is 20.4 Å². The molecule has 2 unspecified atom stereocenters. The highest BCUT2D eigenvalue weighted by Gasteiger charge is 2.30. The molecule has 2 atom stereocenters. The Morgan fingerprint density at radius 1 is 1.05 bits per heavy atom. The maximum absolute atomic E-state index is 13.3. The van der Waals surface area contributed by atoms with Crippen molar-refractivity contribution in [2.24, 2.45) is 13.0 Å². The summed E-state index contributed by atoms with van der Waals surface area (Å²) in [6.07, 6.45) is 2.34. The molecule has 2 aromatic carbocycles. The van der Waals surface area contributed by atoms with E-state index in [2.05, 4.69) is 15.7 Å². The smallest absolute Gasteiger partial charge is 0.308 e. The Morgan fingerprint density at radius 3 is 2.27 bits per heavy atom. The minimum absolute atomic E-state index is 0.0584. The fraction of sp³-hybridized carbons (Fsp3) is 0.357. The van der Waals surface area contributed by atoms with E-state index < -0.39 is 35.3 Å². The minimum Gasteiger partial charge on any atom is -0.469 e. The van der Waals surface area contributed by atoms with Crippen molar-refractivity contribution in [3.63, 3.8) is 0 Å². The van der Waals surface area contributed by atoms with Crippen LogP contribution in [0.1, 0.15) is 43.1 Å². The minimum atomic E-state index is -0.982. The van der Waals surface area contributed by atoms with E-state index in [4.69, 9.17) is 4.74 Å². The highest BCUT2D eigenvalue weighted by molar-refractivity contribution is 5.98. The van der Waals surface area contributed by atoms with E-state index in [0.29, 0.717) is 12.0 Å². The summed E-state index contributed by atoms with van der Waals surface area (Å²) in [4.78, 5) is 38.4. The van der Waals surface area contributed by atoms with Crippen LogP contribution in [0.15, 0.2) is 60.8 Å². The van der Waals surface area contributed by atoms with Crippen LogP contribution in [0.25, 0.3) is 11.3 Å². The number of nitrogens with zero attached hydrogens (tertiary/aromatic N) is 2. The molecule has 3 rings (SSSR count). The summed E-state index contributed by atoms with van der Waals surface area (Å²) in [5.74, 6) is -2.30. The number of benzene rings is 2. The predicted octanol–water partition coefficient (Wildman–Crippen LogP) is 3.66. The molecule has 0 bridgehead atoms. The van der Waals surface area contributed by atoms with Crippen LogP contribution in [0, 0.1) is 11.7 Å². The van der Waals surface area contributed by atoms with Gasteiger partial charge in [0.2, 0.25) is 5.91 Å². The van der Waals surface area contributed by atoms with Gasteiger partial charge in [0, 0.05) is 29.9 Å². The molecule has 0 aliphatic heterocycles. The number of ether oxygens (including phenoxy) is 1. The molecule has 0 spiro atoms. The van der Waals surface area contributed by atoms with Crippen molar-refractivity contribution in [2.75, 3.05) is 7.11 Å². The number of hydrogen-bond acceptors (Lipinski definition) is 5. The number of halogens is 1. The number of nitrogens with one attached hydrogen (secondary N) is 2. The summed E-state index contributed by atoms with van der Waals surface area (Å²) < 4.78 is 19.8. The zero-order valence-corrected chi connectivity index (χ0v) is 21.7. The van der Waals surface area contributed by atoms with E-state index in [1.165, 1.54) is 19.2 Å². The summed E-state index contributed by atoms with van der Waals surface area (Å²) in [5, 5.41) is 10.1. The van der Waals surface area contributed by atoms with Gasteiger partial charge >= 0.3 is 5.97 Å². The van der Waals surface area contributed by atoms with Gasteiger partial charge in [-0.05, 0) is 62.6 Å². The van der Waals surface area contributed by atoms with Crippen molar-refractivity contribution in [3.8, 4) is 11.3 Å². The van der Waals surface area contributed by atoms with Crippen LogP contribution in [0.5, 0.6) is 0 Å². The molecule has 0 aliphatic carbocycles. The molecular formula is C28H33FN4O4. The first-order valence-electron chi connectivity index (χ1n) is 12.0. The third kappa shape index (κ3) is 7.73. The maximum atomic E-state index is 13.3. The van der Waals surface area contributed by atoms with E-state index in [9.17, 15) is 18.8 Å². The molecule has 1 aromatic heterocycles. The van der Waals surface area contributed by atoms with Crippen molar-refractivity contribution in [2.45, 2.75) is 45.2 Å². The van der Waals surface area contributed by atoms with Crippen molar-refractivity contribution in [3.05, 3.63) is 77.7 Å². The number of aryl methyl sites for hydroxylation is 1. The van der Waals surface area contributed by atoms with E-state index in [-0.39, 0.29) is 12.2 Å². The van der Waals surface area contributed by atoms with Gasteiger partial charge in [0.15, 0.2) is 0 Å². The van der Waals surface area contributed by atoms with Gasteiger partial charge in [-0.25, -0.2) is 4.39 Å². The highest BCUT2D eigenvalue weighted by Crippen LogP contribution is 2.19. The van der Waals surface area contributed by atoms with Crippen LogP contribution in [-0.4, -0.2) is 46.3 Å².